The van der Waals surface area contributed by atoms with Gasteiger partial charge < -0.3 is 0 Å². The fourth-order valence-corrected chi connectivity index (χ4v) is 25.1. The summed E-state index contributed by atoms with van der Waals surface area (Å²) in [5, 5.41) is 5.69. The van der Waals surface area contributed by atoms with Crippen molar-refractivity contribution in [3.8, 4) is 0 Å². The molecule has 4 aromatic rings. The topological polar surface area (TPSA) is 0 Å². The van der Waals surface area contributed by atoms with Crippen LogP contribution in [0.25, 0.3) is 28.1 Å². The van der Waals surface area contributed by atoms with E-state index >= 15 is 0 Å². The van der Waals surface area contributed by atoms with Crippen molar-refractivity contribution in [2.24, 2.45) is 0 Å². The fraction of sp³-hybridized carbons (Fsp3) is 0.250. The van der Waals surface area contributed by atoms with Gasteiger partial charge in [-0.05, 0) is 0 Å². The van der Waals surface area contributed by atoms with Gasteiger partial charge in [-0.1, -0.05) is 0 Å². The third kappa shape index (κ3) is 3.95. The van der Waals surface area contributed by atoms with E-state index in [4.69, 9.17) is 0 Å². The van der Waals surface area contributed by atoms with E-state index in [1.807, 2.05) is 0 Å². The van der Waals surface area contributed by atoms with Gasteiger partial charge in [0.1, 0.15) is 0 Å². The molecule has 0 unspecified atom stereocenters. The molecule has 2 aliphatic rings. The average Bonchev–Trinajstić information content (AvgIpc) is 3.44. The maximum absolute atomic E-state index is 3.65. The number of rotatable bonds is 4. The van der Waals surface area contributed by atoms with E-state index in [1.54, 1.807) is 40.0 Å². The molecule has 2 aliphatic carbocycles. The van der Waals surface area contributed by atoms with Crippen molar-refractivity contribution >= 4 is 59.8 Å². The molecule has 186 valence electrons. The molecule has 0 spiro atoms. The first-order chi connectivity index (χ1) is 16.3. The molecule has 0 nitrogen and oxygen atoms in total. The van der Waals surface area contributed by atoms with E-state index < -0.39 is 17.4 Å². The zero-order valence-electron chi connectivity index (χ0n) is 21.8. The second-order valence-corrected chi connectivity index (χ2v) is 39.6. The largest absolute Gasteiger partial charge is 0.147 e. The molecule has 0 aromatic heterocycles. The van der Waals surface area contributed by atoms with Gasteiger partial charge in [-0.25, -0.2) is 0 Å². The van der Waals surface area contributed by atoms with Gasteiger partial charge in [0.2, 0.25) is 0 Å². The summed E-state index contributed by atoms with van der Waals surface area (Å²) >= 11 is -3.65. The Kier molecular flexibility index (Phi) is 7.44. The van der Waals surface area contributed by atoms with E-state index in [1.165, 1.54) is 21.5 Å². The molecule has 6 rings (SSSR count). The van der Waals surface area contributed by atoms with Gasteiger partial charge in [0, 0.05) is 0 Å². The maximum atomic E-state index is 2.74. The molecule has 36 heavy (non-hydrogen) atoms. The van der Waals surface area contributed by atoms with Crippen LogP contribution >= 0.6 is 24.8 Å². The summed E-state index contributed by atoms with van der Waals surface area (Å²) in [7, 11) is 0. The van der Waals surface area contributed by atoms with E-state index in [9.17, 15) is 0 Å². The fourth-order valence-electron chi connectivity index (χ4n) is 7.17. The van der Waals surface area contributed by atoms with Gasteiger partial charge in [0.15, 0.2) is 0 Å². The number of hydrogen-bond donors (Lipinski definition) is 0. The maximum Gasteiger partial charge on any atom is -0.147 e. The van der Waals surface area contributed by atoms with Crippen LogP contribution in [0.3, 0.4) is 0 Å². The number of allylic oxidation sites excluding steroid dienone is 2. The monoisotopic (exact) mass is 608 g/mol. The molecule has 0 radical (unpaired) electrons. The molecule has 0 saturated carbocycles. The summed E-state index contributed by atoms with van der Waals surface area (Å²) in [4.78, 5) is 0. The summed E-state index contributed by atoms with van der Waals surface area (Å²) in [5.74, 6) is 0. The molecule has 4 aromatic carbocycles. The summed E-state index contributed by atoms with van der Waals surface area (Å²) in [6.07, 6.45) is 4.57. The van der Waals surface area contributed by atoms with Crippen LogP contribution in [0.1, 0.15) is 48.9 Å². The van der Waals surface area contributed by atoms with E-state index in [0.717, 1.165) is 25.7 Å². The minimum atomic E-state index is -3.65. The Hall–Kier alpha value is -1.44. The molecule has 0 amide bonds. The third-order valence-electron chi connectivity index (χ3n) is 8.50. The molecular formula is C32H36Cl2SiZr. The quantitative estimate of drug-likeness (QED) is 0.202. The zero-order valence-corrected chi connectivity index (χ0v) is 27.3. The van der Waals surface area contributed by atoms with Crippen LogP contribution in [-0.4, -0.2) is 6.88 Å². The first kappa shape index (κ1) is 27.6. The molecule has 0 aliphatic heterocycles. The Morgan fingerprint density at radius 3 is 1.39 bits per heavy atom. The Morgan fingerprint density at radius 2 is 1.00 bits per heavy atom. The average molecular weight is 611 g/mol. The van der Waals surface area contributed by atoms with Gasteiger partial charge in [0.25, 0.3) is 0 Å². The van der Waals surface area contributed by atoms with Crippen molar-refractivity contribution < 1.29 is 17.4 Å². The third-order valence-corrected chi connectivity index (χ3v) is 23.5. The van der Waals surface area contributed by atoms with E-state index in [0.29, 0.717) is 0 Å². The number of hydrogen-bond acceptors (Lipinski definition) is 0. The van der Waals surface area contributed by atoms with Crippen molar-refractivity contribution in [2.45, 2.75) is 48.8 Å². The SMILES string of the molecule is CCC1=[C]([Zr]([CH3])([CH3])(=[SiH2])[C]2=C(CC)Cc3ccc4ccccc4c32)c2c(ccc3ccccc23)C1.Cl.Cl. The first-order valence-electron chi connectivity index (χ1n) is 12.9. The molecule has 0 heterocycles. The van der Waals surface area contributed by atoms with Crippen LogP contribution in [0.2, 0.25) is 9.26 Å². The molecule has 4 heteroatoms. The Morgan fingerprint density at radius 1 is 0.611 bits per heavy atom. The molecule has 0 fully saturated rings. The first-order valence-corrected chi connectivity index (χ1v) is 26.2. The molecule has 0 saturated heterocycles. The van der Waals surface area contributed by atoms with Gasteiger partial charge in [-0.2, -0.15) is 0 Å². The van der Waals surface area contributed by atoms with Crippen LogP contribution in [0.4, 0.5) is 0 Å². The minimum Gasteiger partial charge on any atom is -0.147 e. The summed E-state index contributed by atoms with van der Waals surface area (Å²) in [5.41, 5.74) is 9.70. The van der Waals surface area contributed by atoms with Gasteiger partial charge >= 0.3 is 207 Å². The second-order valence-electron chi connectivity index (χ2n) is 11.3. The van der Waals surface area contributed by atoms with Crippen molar-refractivity contribution in [3.63, 3.8) is 0 Å². The van der Waals surface area contributed by atoms with Gasteiger partial charge in [-0.3, -0.25) is 0 Å². The van der Waals surface area contributed by atoms with Crippen LogP contribution in [0.5, 0.6) is 0 Å². The van der Waals surface area contributed by atoms with E-state index in [-0.39, 0.29) is 24.8 Å². The summed E-state index contributed by atoms with van der Waals surface area (Å²) in [6.45, 7) is 7.19. The predicted octanol–water partition coefficient (Wildman–Crippen LogP) is 9.23. The van der Waals surface area contributed by atoms with Crippen LogP contribution < -0.4 is 0 Å². The van der Waals surface area contributed by atoms with Crippen LogP contribution in [0, 0.1) is 0 Å². The van der Waals surface area contributed by atoms with Crippen molar-refractivity contribution in [1.29, 1.82) is 0 Å². The zero-order chi connectivity index (χ0) is 23.7. The molecule has 0 bridgehead atoms. The van der Waals surface area contributed by atoms with E-state index in [2.05, 4.69) is 103 Å². The Bertz CT molecular complexity index is 1530. The van der Waals surface area contributed by atoms with Gasteiger partial charge in [-0.15, -0.1) is 24.8 Å². The van der Waals surface area contributed by atoms with Crippen molar-refractivity contribution in [3.05, 3.63) is 106 Å². The smallest absolute Gasteiger partial charge is 0.147 e. The normalized spacial score (nSPS) is 15.1. The number of fused-ring (bicyclic) bond motifs is 6. The standard InChI is InChI=1S/2C15H13.2CH3.2ClH.H2Si.Zr/c2*1-2-11-9-13-8-7-12-5-3-4-6-14(12)15(13)10-11;;;;;;/h2*3-8H,2,9H2,1H3;2*1H3;2*1H;1H2;. The van der Waals surface area contributed by atoms with Gasteiger partial charge in [0.05, 0.1) is 0 Å². The number of halogens is 2. The van der Waals surface area contributed by atoms with Crippen LogP contribution in [-0.2, 0) is 30.2 Å². The molecule has 0 atom stereocenters. The van der Waals surface area contributed by atoms with Crippen LogP contribution in [0.15, 0.2) is 83.9 Å². The number of benzene rings is 4. The van der Waals surface area contributed by atoms with Crippen molar-refractivity contribution in [1.82, 2.24) is 0 Å². The minimum absolute atomic E-state index is 0. The summed E-state index contributed by atoms with van der Waals surface area (Å²) < 4.78 is 9.05. The summed E-state index contributed by atoms with van der Waals surface area (Å²) in [6, 6.07) is 27.7. The molecular weight excluding hydrogens is 575 g/mol. The second kappa shape index (κ2) is 9.70. The molecule has 0 N–H and O–H groups in total. The Balaban J connectivity index is 0.00000152. The predicted molar refractivity (Wildman–Crippen MR) is 164 cm³/mol. The van der Waals surface area contributed by atoms with Crippen molar-refractivity contribution in [2.75, 3.05) is 0 Å². The Labute approximate surface area is 230 Å².